The number of oxime groups is 1. The van der Waals surface area contributed by atoms with Crippen LogP contribution in [0.3, 0.4) is 0 Å². The monoisotopic (exact) mass is 343 g/mol. The van der Waals surface area contributed by atoms with Gasteiger partial charge in [-0.15, -0.1) is 0 Å². The first kappa shape index (κ1) is 16.3. The van der Waals surface area contributed by atoms with Crippen LogP contribution in [-0.4, -0.2) is 30.6 Å². The number of benzene rings is 1. The zero-order chi connectivity index (χ0) is 15.0. The molecule has 4 N–H and O–H groups in total. The first-order chi connectivity index (χ1) is 9.58. The van der Waals surface area contributed by atoms with Gasteiger partial charge in [0.15, 0.2) is 0 Å². The first-order valence-electron chi connectivity index (χ1n) is 6.16. The molecule has 0 radical (unpaired) electrons. The second-order valence-electron chi connectivity index (χ2n) is 4.15. The van der Waals surface area contributed by atoms with Gasteiger partial charge >= 0.3 is 0 Å². The number of hydrogen-bond donors (Lipinski definition) is 3. The van der Waals surface area contributed by atoms with E-state index < -0.39 is 0 Å². The number of halogens is 1. The number of carbonyl (C=O) groups is 1. The maximum atomic E-state index is 12.0. The summed E-state index contributed by atoms with van der Waals surface area (Å²) in [7, 11) is 1.55. The van der Waals surface area contributed by atoms with Gasteiger partial charge in [0.2, 0.25) is 0 Å². The van der Waals surface area contributed by atoms with Crippen LogP contribution >= 0.6 is 15.9 Å². The van der Waals surface area contributed by atoms with Crippen LogP contribution in [0.4, 0.5) is 0 Å². The minimum atomic E-state index is -0.167. The van der Waals surface area contributed by atoms with E-state index in [9.17, 15) is 4.79 Å². The van der Waals surface area contributed by atoms with Crippen LogP contribution in [-0.2, 0) is 0 Å². The molecule has 1 amide bonds. The van der Waals surface area contributed by atoms with Crippen molar-refractivity contribution >= 4 is 27.7 Å². The number of hydrogen-bond acceptors (Lipinski definition) is 4. The number of methoxy groups -OCH3 is 1. The molecule has 1 aromatic carbocycles. The van der Waals surface area contributed by atoms with E-state index in [2.05, 4.69) is 26.4 Å². The molecule has 110 valence electrons. The van der Waals surface area contributed by atoms with E-state index in [1.54, 1.807) is 25.3 Å². The van der Waals surface area contributed by atoms with E-state index in [1.807, 2.05) is 0 Å². The molecule has 0 atom stereocenters. The van der Waals surface area contributed by atoms with E-state index in [1.165, 1.54) is 0 Å². The Morgan fingerprint density at radius 1 is 1.50 bits per heavy atom. The van der Waals surface area contributed by atoms with Crippen molar-refractivity contribution in [2.24, 2.45) is 10.9 Å². The minimum absolute atomic E-state index is 0.167. The number of nitrogens with one attached hydrogen (secondary N) is 1. The predicted molar refractivity (Wildman–Crippen MR) is 80.3 cm³/mol. The fourth-order valence-corrected chi connectivity index (χ4v) is 2.01. The highest BCUT2D eigenvalue weighted by Gasteiger charge is 2.10. The Bertz CT molecular complexity index is 492. The highest BCUT2D eigenvalue weighted by atomic mass is 79.9. The number of rotatable bonds is 7. The zero-order valence-electron chi connectivity index (χ0n) is 11.2. The second-order valence-corrected chi connectivity index (χ2v) is 5.00. The van der Waals surface area contributed by atoms with Crippen molar-refractivity contribution in [3.63, 3.8) is 0 Å². The normalized spacial score (nSPS) is 11.2. The van der Waals surface area contributed by atoms with E-state index in [0.717, 1.165) is 12.8 Å². The molecule has 1 aromatic rings. The molecular weight excluding hydrogens is 326 g/mol. The van der Waals surface area contributed by atoms with Crippen molar-refractivity contribution in [2.75, 3.05) is 13.7 Å². The first-order valence-corrected chi connectivity index (χ1v) is 6.96. The standard InChI is InChI=1S/C13H18BrN3O3/c1-20-9-5-6-11(14)10(8-9)13(18)16-7-3-2-4-12(15)17-19/h5-6,8,19H,2-4,7H2,1H3,(H2,15,17)(H,16,18). The highest BCUT2D eigenvalue weighted by molar-refractivity contribution is 9.10. The van der Waals surface area contributed by atoms with Gasteiger partial charge in [-0.25, -0.2) is 0 Å². The lowest BCUT2D eigenvalue weighted by Crippen LogP contribution is -2.25. The Morgan fingerprint density at radius 3 is 2.90 bits per heavy atom. The quantitative estimate of drug-likeness (QED) is 0.232. The zero-order valence-corrected chi connectivity index (χ0v) is 12.8. The smallest absolute Gasteiger partial charge is 0.252 e. The van der Waals surface area contributed by atoms with Crippen molar-refractivity contribution in [3.8, 4) is 5.75 Å². The van der Waals surface area contributed by atoms with Crippen LogP contribution in [0.25, 0.3) is 0 Å². The lowest BCUT2D eigenvalue weighted by molar-refractivity contribution is 0.0952. The Morgan fingerprint density at radius 2 is 2.25 bits per heavy atom. The summed E-state index contributed by atoms with van der Waals surface area (Å²) in [4.78, 5) is 12.0. The second kappa shape index (κ2) is 8.42. The maximum absolute atomic E-state index is 12.0. The molecule has 0 fully saturated rings. The van der Waals surface area contributed by atoms with Gasteiger partial charge in [0.25, 0.3) is 5.91 Å². The molecular formula is C13H18BrN3O3. The van der Waals surface area contributed by atoms with Crippen LogP contribution in [0.2, 0.25) is 0 Å². The molecule has 1 rings (SSSR count). The summed E-state index contributed by atoms with van der Waals surface area (Å²) < 4.78 is 5.81. The fourth-order valence-electron chi connectivity index (χ4n) is 1.58. The summed E-state index contributed by atoms with van der Waals surface area (Å²) in [5, 5.41) is 14.1. The number of ether oxygens (including phenoxy) is 1. The summed E-state index contributed by atoms with van der Waals surface area (Å²) in [6, 6.07) is 5.22. The average molecular weight is 344 g/mol. The van der Waals surface area contributed by atoms with Gasteiger partial charge < -0.3 is 21.0 Å². The minimum Gasteiger partial charge on any atom is -0.497 e. The van der Waals surface area contributed by atoms with Crippen molar-refractivity contribution in [2.45, 2.75) is 19.3 Å². The number of amides is 1. The van der Waals surface area contributed by atoms with Crippen LogP contribution in [0.5, 0.6) is 5.75 Å². The molecule has 0 saturated heterocycles. The molecule has 0 bridgehead atoms. The Balaban J connectivity index is 2.43. The lowest BCUT2D eigenvalue weighted by Gasteiger charge is -2.08. The molecule has 0 heterocycles. The Labute approximate surface area is 126 Å². The van der Waals surface area contributed by atoms with Gasteiger partial charge in [0.05, 0.1) is 12.7 Å². The van der Waals surface area contributed by atoms with Gasteiger partial charge in [0, 0.05) is 17.4 Å². The van der Waals surface area contributed by atoms with Crippen molar-refractivity contribution in [3.05, 3.63) is 28.2 Å². The van der Waals surface area contributed by atoms with E-state index in [-0.39, 0.29) is 11.7 Å². The fraction of sp³-hybridized carbons (Fsp3) is 0.385. The molecule has 0 aliphatic heterocycles. The Kier molecular flexibility index (Phi) is 6.86. The van der Waals surface area contributed by atoms with E-state index in [0.29, 0.717) is 28.8 Å². The van der Waals surface area contributed by atoms with Crippen molar-refractivity contribution in [1.82, 2.24) is 5.32 Å². The maximum Gasteiger partial charge on any atom is 0.252 e. The van der Waals surface area contributed by atoms with Crippen molar-refractivity contribution in [1.29, 1.82) is 0 Å². The topological polar surface area (TPSA) is 96.9 Å². The third-order valence-electron chi connectivity index (χ3n) is 2.69. The predicted octanol–water partition coefficient (Wildman–Crippen LogP) is 2.10. The third kappa shape index (κ3) is 5.08. The third-order valence-corrected chi connectivity index (χ3v) is 3.38. The molecule has 20 heavy (non-hydrogen) atoms. The van der Waals surface area contributed by atoms with Crippen LogP contribution in [0, 0.1) is 0 Å². The molecule has 0 unspecified atom stereocenters. The van der Waals surface area contributed by atoms with Gasteiger partial charge in [0.1, 0.15) is 11.6 Å². The number of carbonyl (C=O) groups excluding carboxylic acids is 1. The lowest BCUT2D eigenvalue weighted by atomic mass is 10.2. The number of unbranched alkanes of at least 4 members (excludes halogenated alkanes) is 1. The number of nitrogens with two attached hydrogens (primary N) is 1. The van der Waals surface area contributed by atoms with E-state index in [4.69, 9.17) is 15.7 Å². The summed E-state index contributed by atoms with van der Waals surface area (Å²) in [6.07, 6.45) is 2.01. The van der Waals surface area contributed by atoms with Crippen LogP contribution in [0.1, 0.15) is 29.6 Å². The van der Waals surface area contributed by atoms with Gasteiger partial charge in [-0.2, -0.15) is 0 Å². The highest BCUT2D eigenvalue weighted by Crippen LogP contribution is 2.22. The molecule has 0 aliphatic carbocycles. The Hall–Kier alpha value is -1.76. The molecule has 0 saturated carbocycles. The summed E-state index contributed by atoms with van der Waals surface area (Å²) >= 11 is 3.33. The van der Waals surface area contributed by atoms with Crippen LogP contribution < -0.4 is 15.8 Å². The molecule has 6 nitrogen and oxygen atoms in total. The van der Waals surface area contributed by atoms with Crippen LogP contribution in [0.15, 0.2) is 27.8 Å². The molecule has 0 aliphatic rings. The van der Waals surface area contributed by atoms with Gasteiger partial charge in [-0.3, -0.25) is 4.79 Å². The molecule has 0 aromatic heterocycles. The average Bonchev–Trinajstić information content (AvgIpc) is 2.46. The molecule has 0 spiro atoms. The SMILES string of the molecule is COc1ccc(Br)c(C(=O)NCCCCC(N)=NO)c1. The summed E-state index contributed by atoms with van der Waals surface area (Å²) in [6.45, 7) is 0.529. The summed E-state index contributed by atoms with van der Waals surface area (Å²) in [5.41, 5.74) is 5.88. The molecule has 7 heteroatoms. The number of amidine groups is 1. The van der Waals surface area contributed by atoms with Gasteiger partial charge in [-0.05, 0) is 47.0 Å². The van der Waals surface area contributed by atoms with Gasteiger partial charge in [-0.1, -0.05) is 5.16 Å². The summed E-state index contributed by atoms with van der Waals surface area (Å²) in [5.74, 6) is 0.664. The number of nitrogens with zero attached hydrogens (tertiary/aromatic N) is 1. The van der Waals surface area contributed by atoms with E-state index >= 15 is 0 Å². The largest absolute Gasteiger partial charge is 0.497 e. The van der Waals surface area contributed by atoms with Crippen molar-refractivity contribution < 1.29 is 14.7 Å².